The van der Waals surface area contributed by atoms with Crippen LogP contribution in [0.4, 0.5) is 0 Å². The molecule has 2 atom stereocenters. The van der Waals surface area contributed by atoms with Crippen molar-refractivity contribution < 1.29 is 14.3 Å². The molecule has 0 aliphatic carbocycles. The van der Waals surface area contributed by atoms with E-state index in [0.717, 1.165) is 24.0 Å². The Bertz CT molecular complexity index is 1120. The van der Waals surface area contributed by atoms with Gasteiger partial charge in [-0.1, -0.05) is 80.0 Å². The molecule has 190 valence electrons. The standard InChI is InChI=1S/C30H35ClN2O3/c1-4-22(3)32-30(35)28(19-24-10-7-6-8-11-24)33(20-25-12-9-13-26(31)18-25)29(34)21-36-27-16-14-23(5-2)15-17-27/h6-18,22,28H,4-5,19-21H2,1-3H3,(H,32,35)/t22-,28+/m0/s1. The van der Waals surface area contributed by atoms with E-state index in [0.29, 0.717) is 17.2 Å². The Balaban J connectivity index is 1.89. The van der Waals surface area contributed by atoms with Crippen molar-refractivity contribution in [3.8, 4) is 5.75 Å². The van der Waals surface area contributed by atoms with Crippen LogP contribution in [0.1, 0.15) is 43.9 Å². The number of nitrogens with zero attached hydrogens (tertiary/aromatic N) is 1. The first-order valence-electron chi connectivity index (χ1n) is 12.5. The number of amides is 2. The lowest BCUT2D eigenvalue weighted by Gasteiger charge is -2.32. The van der Waals surface area contributed by atoms with Gasteiger partial charge in [-0.05, 0) is 60.7 Å². The molecule has 1 N–H and O–H groups in total. The number of hydrogen-bond acceptors (Lipinski definition) is 3. The van der Waals surface area contributed by atoms with E-state index in [9.17, 15) is 9.59 Å². The van der Waals surface area contributed by atoms with Crippen molar-refractivity contribution in [2.24, 2.45) is 0 Å². The summed E-state index contributed by atoms with van der Waals surface area (Å²) < 4.78 is 5.84. The van der Waals surface area contributed by atoms with Gasteiger partial charge in [0.2, 0.25) is 5.91 Å². The van der Waals surface area contributed by atoms with Crippen molar-refractivity contribution >= 4 is 23.4 Å². The predicted molar refractivity (Wildman–Crippen MR) is 145 cm³/mol. The average Bonchev–Trinajstić information content (AvgIpc) is 2.90. The van der Waals surface area contributed by atoms with Gasteiger partial charge >= 0.3 is 0 Å². The molecule has 0 fully saturated rings. The first kappa shape index (κ1) is 27.3. The lowest BCUT2D eigenvalue weighted by atomic mass is 10.0. The average molecular weight is 507 g/mol. The van der Waals surface area contributed by atoms with Crippen molar-refractivity contribution in [1.82, 2.24) is 10.2 Å². The Morgan fingerprint density at radius 3 is 2.25 bits per heavy atom. The quantitative estimate of drug-likeness (QED) is 0.336. The fourth-order valence-electron chi connectivity index (χ4n) is 3.88. The lowest BCUT2D eigenvalue weighted by molar-refractivity contribution is -0.143. The third kappa shape index (κ3) is 8.13. The molecule has 0 unspecified atom stereocenters. The van der Waals surface area contributed by atoms with Gasteiger partial charge in [-0.15, -0.1) is 0 Å². The minimum atomic E-state index is -0.709. The first-order chi connectivity index (χ1) is 17.4. The van der Waals surface area contributed by atoms with Crippen LogP contribution in [0, 0.1) is 0 Å². The summed E-state index contributed by atoms with van der Waals surface area (Å²) in [6.07, 6.45) is 2.11. The van der Waals surface area contributed by atoms with E-state index < -0.39 is 6.04 Å². The molecular formula is C30H35ClN2O3. The highest BCUT2D eigenvalue weighted by atomic mass is 35.5. The Kier molecular flexibility index (Phi) is 10.4. The molecule has 0 aliphatic heterocycles. The van der Waals surface area contributed by atoms with Crippen LogP contribution in [-0.4, -0.2) is 35.4 Å². The molecular weight excluding hydrogens is 472 g/mol. The van der Waals surface area contributed by atoms with Gasteiger partial charge in [0.05, 0.1) is 0 Å². The van der Waals surface area contributed by atoms with Crippen LogP contribution in [0.15, 0.2) is 78.9 Å². The van der Waals surface area contributed by atoms with E-state index in [1.54, 1.807) is 11.0 Å². The van der Waals surface area contributed by atoms with E-state index in [2.05, 4.69) is 12.2 Å². The van der Waals surface area contributed by atoms with Gasteiger partial charge in [0.15, 0.2) is 6.61 Å². The summed E-state index contributed by atoms with van der Waals surface area (Å²) in [6.45, 7) is 6.13. The highest BCUT2D eigenvalue weighted by Crippen LogP contribution is 2.19. The maximum absolute atomic E-state index is 13.6. The normalized spacial score (nSPS) is 12.4. The number of rotatable bonds is 12. The molecule has 0 saturated heterocycles. The summed E-state index contributed by atoms with van der Waals surface area (Å²) >= 11 is 6.23. The van der Waals surface area contributed by atoms with Crippen LogP contribution in [0.2, 0.25) is 5.02 Å². The van der Waals surface area contributed by atoms with Crippen molar-refractivity contribution in [3.63, 3.8) is 0 Å². The first-order valence-corrected chi connectivity index (χ1v) is 12.9. The second kappa shape index (κ2) is 13.7. The zero-order chi connectivity index (χ0) is 25.9. The topological polar surface area (TPSA) is 58.6 Å². The van der Waals surface area contributed by atoms with Crippen LogP contribution >= 0.6 is 11.6 Å². The summed E-state index contributed by atoms with van der Waals surface area (Å²) in [4.78, 5) is 28.7. The minimum Gasteiger partial charge on any atom is -0.484 e. The molecule has 0 bridgehead atoms. The number of carbonyl (C=O) groups is 2. The molecule has 0 saturated carbocycles. The molecule has 0 aliphatic rings. The molecule has 3 rings (SSSR count). The Morgan fingerprint density at radius 2 is 1.61 bits per heavy atom. The largest absolute Gasteiger partial charge is 0.484 e. The zero-order valence-electron chi connectivity index (χ0n) is 21.2. The highest BCUT2D eigenvalue weighted by molar-refractivity contribution is 6.30. The van der Waals surface area contributed by atoms with Crippen LogP contribution in [0.3, 0.4) is 0 Å². The number of ether oxygens (including phenoxy) is 1. The second-order valence-electron chi connectivity index (χ2n) is 8.96. The zero-order valence-corrected chi connectivity index (χ0v) is 22.0. The molecule has 3 aromatic carbocycles. The van der Waals surface area contributed by atoms with Crippen molar-refractivity contribution in [2.75, 3.05) is 6.61 Å². The van der Waals surface area contributed by atoms with Gasteiger partial charge in [-0.25, -0.2) is 0 Å². The van der Waals surface area contributed by atoms with Gasteiger partial charge in [-0.2, -0.15) is 0 Å². The van der Waals surface area contributed by atoms with E-state index >= 15 is 0 Å². The highest BCUT2D eigenvalue weighted by Gasteiger charge is 2.31. The third-order valence-electron chi connectivity index (χ3n) is 6.21. The van der Waals surface area contributed by atoms with Crippen LogP contribution < -0.4 is 10.1 Å². The Morgan fingerprint density at radius 1 is 0.917 bits per heavy atom. The SMILES string of the molecule is CCc1ccc(OCC(=O)N(Cc2cccc(Cl)c2)[C@H](Cc2ccccc2)C(=O)N[C@@H](C)CC)cc1. The predicted octanol–water partition coefficient (Wildman–Crippen LogP) is 5.84. The summed E-state index contributed by atoms with van der Waals surface area (Å²) in [5, 5.41) is 3.65. The van der Waals surface area contributed by atoms with Gasteiger partial charge in [0, 0.05) is 24.0 Å². The van der Waals surface area contributed by atoms with Crippen molar-refractivity contribution in [2.45, 2.75) is 58.7 Å². The van der Waals surface area contributed by atoms with Crippen molar-refractivity contribution in [1.29, 1.82) is 0 Å². The Hall–Kier alpha value is -3.31. The van der Waals surface area contributed by atoms with Gasteiger partial charge in [0.1, 0.15) is 11.8 Å². The molecule has 6 heteroatoms. The summed E-state index contributed by atoms with van der Waals surface area (Å²) in [5.74, 6) is 0.164. The van der Waals surface area contributed by atoms with Crippen molar-refractivity contribution in [3.05, 3.63) is 101 Å². The number of hydrogen-bond donors (Lipinski definition) is 1. The van der Waals surface area contributed by atoms with E-state index in [-0.39, 0.29) is 31.0 Å². The van der Waals surface area contributed by atoms with Crippen LogP contribution in [0.25, 0.3) is 0 Å². The third-order valence-corrected chi connectivity index (χ3v) is 6.44. The van der Waals surface area contributed by atoms with Gasteiger partial charge in [0.25, 0.3) is 5.91 Å². The van der Waals surface area contributed by atoms with Gasteiger partial charge in [-0.3, -0.25) is 9.59 Å². The molecule has 36 heavy (non-hydrogen) atoms. The molecule has 0 heterocycles. The maximum atomic E-state index is 13.6. The number of benzene rings is 3. The summed E-state index contributed by atoms with van der Waals surface area (Å²) in [7, 11) is 0. The fraction of sp³-hybridized carbons (Fsp3) is 0.333. The molecule has 2 amide bonds. The summed E-state index contributed by atoms with van der Waals surface area (Å²) in [5.41, 5.74) is 3.01. The minimum absolute atomic E-state index is 0.00720. The Labute approximate surface area is 219 Å². The number of halogens is 1. The number of aryl methyl sites for hydroxylation is 1. The smallest absolute Gasteiger partial charge is 0.261 e. The number of nitrogens with one attached hydrogen (secondary N) is 1. The van der Waals surface area contributed by atoms with E-state index in [4.69, 9.17) is 16.3 Å². The van der Waals surface area contributed by atoms with Crippen LogP contribution in [0.5, 0.6) is 5.75 Å². The summed E-state index contributed by atoms with van der Waals surface area (Å²) in [6, 6.07) is 24.1. The van der Waals surface area contributed by atoms with Gasteiger partial charge < -0.3 is 15.0 Å². The lowest BCUT2D eigenvalue weighted by Crippen LogP contribution is -2.53. The molecule has 0 spiro atoms. The monoisotopic (exact) mass is 506 g/mol. The van der Waals surface area contributed by atoms with E-state index in [1.165, 1.54) is 5.56 Å². The molecule has 0 radical (unpaired) electrons. The molecule has 5 nitrogen and oxygen atoms in total. The number of carbonyl (C=O) groups excluding carboxylic acids is 2. The molecule has 3 aromatic rings. The molecule has 0 aromatic heterocycles. The maximum Gasteiger partial charge on any atom is 0.261 e. The van der Waals surface area contributed by atoms with E-state index in [1.807, 2.05) is 86.6 Å². The second-order valence-corrected chi connectivity index (χ2v) is 9.40. The fourth-order valence-corrected chi connectivity index (χ4v) is 4.09. The van der Waals surface area contributed by atoms with Crippen LogP contribution in [-0.2, 0) is 29.0 Å².